The van der Waals surface area contributed by atoms with E-state index in [0.29, 0.717) is 0 Å². The third kappa shape index (κ3) is 2.68. The van der Waals surface area contributed by atoms with Crippen LogP contribution in [0.15, 0.2) is 42.5 Å². The number of aliphatic carboxylic acids is 1. The molecule has 3 rings (SSSR count). The van der Waals surface area contributed by atoms with Crippen LogP contribution in [-0.4, -0.2) is 28.6 Å². The maximum Gasteiger partial charge on any atom is 0.320 e. The van der Waals surface area contributed by atoms with Crippen molar-refractivity contribution in [2.45, 2.75) is 31.8 Å². The smallest absolute Gasteiger partial charge is 0.320 e. The monoisotopic (exact) mass is 269 g/mol. The quantitative estimate of drug-likeness (QED) is 0.929. The zero-order valence-corrected chi connectivity index (χ0v) is 11.5. The van der Waals surface area contributed by atoms with Crippen molar-refractivity contribution in [1.29, 1.82) is 0 Å². The molecule has 20 heavy (non-hydrogen) atoms. The molecular weight excluding hydrogens is 250 g/mol. The van der Waals surface area contributed by atoms with Gasteiger partial charge in [0.15, 0.2) is 0 Å². The van der Waals surface area contributed by atoms with Crippen LogP contribution in [-0.2, 0) is 11.3 Å². The van der Waals surface area contributed by atoms with Crippen LogP contribution in [0.5, 0.6) is 0 Å². The van der Waals surface area contributed by atoms with E-state index >= 15 is 0 Å². The molecule has 1 aliphatic rings. The molecule has 104 valence electrons. The van der Waals surface area contributed by atoms with Gasteiger partial charge >= 0.3 is 5.97 Å². The van der Waals surface area contributed by atoms with Gasteiger partial charge in [-0.1, -0.05) is 42.8 Å². The molecular formula is C17H19NO2. The molecule has 1 unspecified atom stereocenters. The van der Waals surface area contributed by atoms with Crippen molar-refractivity contribution in [2.75, 3.05) is 6.54 Å². The van der Waals surface area contributed by atoms with Crippen molar-refractivity contribution in [3.05, 3.63) is 48.0 Å². The Bertz CT molecular complexity index is 623. The Kier molecular flexibility index (Phi) is 3.70. The van der Waals surface area contributed by atoms with Crippen LogP contribution in [0.4, 0.5) is 0 Å². The zero-order chi connectivity index (χ0) is 13.9. The Labute approximate surface area is 118 Å². The van der Waals surface area contributed by atoms with Gasteiger partial charge in [0.05, 0.1) is 0 Å². The summed E-state index contributed by atoms with van der Waals surface area (Å²) in [7, 11) is 0. The molecule has 1 atom stereocenters. The van der Waals surface area contributed by atoms with Crippen LogP contribution >= 0.6 is 0 Å². The first kappa shape index (κ1) is 13.1. The van der Waals surface area contributed by atoms with Crippen molar-refractivity contribution in [3.63, 3.8) is 0 Å². The summed E-state index contributed by atoms with van der Waals surface area (Å²) in [6.45, 7) is 1.60. The highest BCUT2D eigenvalue weighted by Crippen LogP contribution is 2.22. The zero-order valence-electron chi connectivity index (χ0n) is 11.5. The molecule has 0 aliphatic carbocycles. The number of carboxylic acids is 1. The third-order valence-electron chi connectivity index (χ3n) is 4.10. The normalized spacial score (nSPS) is 20.1. The summed E-state index contributed by atoms with van der Waals surface area (Å²) >= 11 is 0. The Morgan fingerprint density at radius 3 is 2.75 bits per heavy atom. The fraction of sp³-hybridized carbons (Fsp3) is 0.353. The van der Waals surface area contributed by atoms with Crippen molar-refractivity contribution in [3.8, 4) is 0 Å². The maximum absolute atomic E-state index is 11.3. The van der Waals surface area contributed by atoms with Crippen LogP contribution in [0.25, 0.3) is 10.8 Å². The fourth-order valence-electron chi connectivity index (χ4n) is 3.03. The molecule has 1 heterocycles. The minimum Gasteiger partial charge on any atom is -0.480 e. The Morgan fingerprint density at radius 1 is 1.15 bits per heavy atom. The average Bonchev–Trinajstić information content (AvgIpc) is 2.47. The highest BCUT2D eigenvalue weighted by molar-refractivity contribution is 5.83. The lowest BCUT2D eigenvalue weighted by Gasteiger charge is -2.32. The molecule has 1 saturated heterocycles. The van der Waals surface area contributed by atoms with Gasteiger partial charge in [-0.15, -0.1) is 0 Å². The standard InChI is InChI=1S/C17H19NO2/c19-17(20)16-7-3-4-10-18(16)12-13-8-9-14-5-1-2-6-15(14)11-13/h1-2,5-6,8-9,11,16H,3-4,7,10,12H2,(H,19,20). The summed E-state index contributed by atoms with van der Waals surface area (Å²) in [5.74, 6) is -0.689. The van der Waals surface area contributed by atoms with E-state index in [4.69, 9.17) is 0 Å². The van der Waals surface area contributed by atoms with E-state index in [-0.39, 0.29) is 6.04 Å². The van der Waals surface area contributed by atoms with E-state index in [1.54, 1.807) is 0 Å². The number of fused-ring (bicyclic) bond motifs is 1. The van der Waals surface area contributed by atoms with Gasteiger partial charge in [-0.3, -0.25) is 9.69 Å². The molecule has 1 aliphatic heterocycles. The first-order chi connectivity index (χ1) is 9.74. The number of rotatable bonds is 3. The van der Waals surface area contributed by atoms with Gasteiger partial charge in [-0.2, -0.15) is 0 Å². The minimum atomic E-state index is -0.689. The number of hydrogen-bond donors (Lipinski definition) is 1. The van der Waals surface area contributed by atoms with Crippen molar-refractivity contribution in [1.82, 2.24) is 4.90 Å². The molecule has 0 amide bonds. The summed E-state index contributed by atoms with van der Waals surface area (Å²) in [6.07, 6.45) is 2.88. The van der Waals surface area contributed by atoms with Crippen molar-refractivity contribution in [2.24, 2.45) is 0 Å². The molecule has 3 heteroatoms. The first-order valence-corrected chi connectivity index (χ1v) is 7.18. The van der Waals surface area contributed by atoms with E-state index in [9.17, 15) is 9.90 Å². The van der Waals surface area contributed by atoms with Gasteiger partial charge < -0.3 is 5.11 Å². The number of benzene rings is 2. The summed E-state index contributed by atoms with van der Waals surface area (Å²) < 4.78 is 0. The number of nitrogens with zero attached hydrogens (tertiary/aromatic N) is 1. The van der Waals surface area contributed by atoms with Crippen LogP contribution in [0.3, 0.4) is 0 Å². The Balaban J connectivity index is 1.82. The molecule has 0 radical (unpaired) electrons. The second-order valence-electron chi connectivity index (χ2n) is 5.50. The molecule has 3 nitrogen and oxygen atoms in total. The fourth-order valence-corrected chi connectivity index (χ4v) is 3.03. The van der Waals surface area contributed by atoms with E-state index < -0.39 is 5.97 Å². The van der Waals surface area contributed by atoms with Gasteiger partial charge in [0.2, 0.25) is 0 Å². The average molecular weight is 269 g/mol. The molecule has 2 aromatic carbocycles. The largest absolute Gasteiger partial charge is 0.480 e. The Morgan fingerprint density at radius 2 is 1.95 bits per heavy atom. The summed E-state index contributed by atoms with van der Waals surface area (Å²) in [6, 6.07) is 14.3. The third-order valence-corrected chi connectivity index (χ3v) is 4.10. The van der Waals surface area contributed by atoms with Gasteiger partial charge in [0.1, 0.15) is 6.04 Å². The first-order valence-electron chi connectivity index (χ1n) is 7.18. The van der Waals surface area contributed by atoms with Crippen LogP contribution < -0.4 is 0 Å². The summed E-state index contributed by atoms with van der Waals surface area (Å²) in [5.41, 5.74) is 1.19. The Hall–Kier alpha value is -1.87. The van der Waals surface area contributed by atoms with E-state index in [1.165, 1.54) is 16.3 Å². The number of hydrogen-bond acceptors (Lipinski definition) is 2. The predicted octanol–water partition coefficient (Wildman–Crippen LogP) is 3.28. The van der Waals surface area contributed by atoms with E-state index in [0.717, 1.165) is 32.4 Å². The second-order valence-corrected chi connectivity index (χ2v) is 5.50. The van der Waals surface area contributed by atoms with E-state index in [1.807, 2.05) is 12.1 Å². The van der Waals surface area contributed by atoms with Crippen molar-refractivity contribution < 1.29 is 9.90 Å². The SMILES string of the molecule is O=C(O)C1CCCCN1Cc1ccc2ccccc2c1. The number of carbonyl (C=O) groups is 1. The number of likely N-dealkylation sites (tertiary alicyclic amines) is 1. The van der Waals surface area contributed by atoms with Gasteiger partial charge in [-0.25, -0.2) is 0 Å². The van der Waals surface area contributed by atoms with Crippen LogP contribution in [0.2, 0.25) is 0 Å². The molecule has 1 fully saturated rings. The summed E-state index contributed by atoms with van der Waals surface area (Å²) in [4.78, 5) is 13.4. The summed E-state index contributed by atoms with van der Waals surface area (Å²) in [5, 5.41) is 11.8. The van der Waals surface area contributed by atoms with Crippen LogP contribution in [0.1, 0.15) is 24.8 Å². The van der Waals surface area contributed by atoms with E-state index in [2.05, 4.69) is 35.2 Å². The topological polar surface area (TPSA) is 40.5 Å². The number of piperidine rings is 1. The predicted molar refractivity (Wildman–Crippen MR) is 79.6 cm³/mol. The van der Waals surface area contributed by atoms with Crippen molar-refractivity contribution >= 4 is 16.7 Å². The maximum atomic E-state index is 11.3. The lowest BCUT2D eigenvalue weighted by Crippen LogP contribution is -2.43. The van der Waals surface area contributed by atoms with Gasteiger partial charge in [0, 0.05) is 6.54 Å². The second kappa shape index (κ2) is 5.63. The minimum absolute atomic E-state index is 0.324. The molecule has 1 N–H and O–H groups in total. The molecule has 2 aromatic rings. The molecule has 0 saturated carbocycles. The van der Waals surface area contributed by atoms with Gasteiger partial charge in [0.25, 0.3) is 0 Å². The molecule has 0 spiro atoms. The molecule has 0 bridgehead atoms. The highest BCUT2D eigenvalue weighted by Gasteiger charge is 2.28. The lowest BCUT2D eigenvalue weighted by molar-refractivity contribution is -0.144. The highest BCUT2D eigenvalue weighted by atomic mass is 16.4. The number of carboxylic acid groups (broad SMARTS) is 1. The van der Waals surface area contributed by atoms with Gasteiger partial charge in [-0.05, 0) is 41.8 Å². The molecule has 0 aromatic heterocycles. The van der Waals surface area contributed by atoms with Crippen LogP contribution in [0, 0.1) is 0 Å². The lowest BCUT2D eigenvalue weighted by atomic mass is 10.0.